The minimum Gasteiger partial charge on any atom is -0.459 e. The molecule has 1 unspecified atom stereocenters. The molecular weight excluding hydrogens is 396 g/mol. The lowest BCUT2D eigenvalue weighted by atomic mass is 9.97. The predicted octanol–water partition coefficient (Wildman–Crippen LogP) is 5.63. The summed E-state index contributed by atoms with van der Waals surface area (Å²) in [5.74, 6) is -0.681. The fraction of sp³-hybridized carbons (Fsp3) is 0.292. The Morgan fingerprint density at radius 2 is 1.77 bits per heavy atom. The van der Waals surface area contributed by atoms with Crippen LogP contribution in [0.1, 0.15) is 49.9 Å². The van der Waals surface area contributed by atoms with Gasteiger partial charge in [0.05, 0.1) is 17.3 Å². The van der Waals surface area contributed by atoms with Gasteiger partial charge in [-0.1, -0.05) is 56.3 Å². The van der Waals surface area contributed by atoms with Crippen molar-refractivity contribution in [2.24, 2.45) is 0 Å². The topological polar surface area (TPSA) is 59.5 Å². The van der Waals surface area contributed by atoms with Crippen LogP contribution in [-0.2, 0) is 27.4 Å². The van der Waals surface area contributed by atoms with Gasteiger partial charge in [0.1, 0.15) is 6.61 Å². The van der Waals surface area contributed by atoms with Crippen LogP contribution in [-0.4, -0.2) is 16.9 Å². The van der Waals surface area contributed by atoms with Gasteiger partial charge in [-0.15, -0.1) is 11.3 Å². The molecule has 1 amide bonds. The van der Waals surface area contributed by atoms with Crippen LogP contribution in [0.3, 0.4) is 0 Å². The first-order chi connectivity index (χ1) is 14.5. The Hall–Kier alpha value is -2.99. The first-order valence-corrected chi connectivity index (χ1v) is 11.0. The van der Waals surface area contributed by atoms with Crippen molar-refractivity contribution in [1.29, 1.82) is 0 Å². The van der Waals surface area contributed by atoms with E-state index in [4.69, 9.17) is 4.74 Å². The molecule has 0 aliphatic carbocycles. The van der Waals surface area contributed by atoms with E-state index in [1.54, 1.807) is 4.90 Å². The normalized spacial score (nSPS) is 11.7. The molecule has 0 saturated heterocycles. The van der Waals surface area contributed by atoms with E-state index in [0.717, 1.165) is 17.7 Å². The molecule has 3 aromatic rings. The number of esters is 1. The monoisotopic (exact) mass is 422 g/mol. The number of rotatable bonds is 8. The molecule has 0 bridgehead atoms. The minimum absolute atomic E-state index is 0.0825. The van der Waals surface area contributed by atoms with Crippen LogP contribution in [0.2, 0.25) is 0 Å². The maximum atomic E-state index is 12.6. The van der Waals surface area contributed by atoms with Gasteiger partial charge in [0, 0.05) is 12.3 Å². The Labute approximate surface area is 181 Å². The molecule has 0 spiro atoms. The number of carbonyl (C=O) groups is 2. The number of anilines is 2. The molecule has 1 atom stereocenters. The van der Waals surface area contributed by atoms with Gasteiger partial charge in [-0.2, -0.15) is 0 Å². The van der Waals surface area contributed by atoms with Crippen molar-refractivity contribution in [3.63, 3.8) is 0 Å². The van der Waals surface area contributed by atoms with E-state index in [2.05, 4.69) is 11.9 Å². The van der Waals surface area contributed by atoms with Gasteiger partial charge >= 0.3 is 5.97 Å². The largest absolute Gasteiger partial charge is 0.459 e. The third kappa shape index (κ3) is 5.13. The number of nitrogens with zero attached hydrogens (tertiary/aromatic N) is 2. The Morgan fingerprint density at radius 1 is 1.07 bits per heavy atom. The number of aryl methyl sites for hydroxylation is 1. The SMILES string of the molecule is CCc1ccc(N(C(C)=O)c2nc(COC(=O)C(CC)c3ccccc3)cs2)cc1. The van der Waals surface area contributed by atoms with Gasteiger partial charge in [-0.25, -0.2) is 4.98 Å². The first-order valence-electron chi connectivity index (χ1n) is 10.1. The van der Waals surface area contributed by atoms with Crippen molar-refractivity contribution in [3.05, 3.63) is 76.8 Å². The van der Waals surface area contributed by atoms with Gasteiger partial charge < -0.3 is 4.74 Å². The van der Waals surface area contributed by atoms with Crippen LogP contribution in [0.15, 0.2) is 60.0 Å². The van der Waals surface area contributed by atoms with E-state index in [-0.39, 0.29) is 24.4 Å². The lowest BCUT2D eigenvalue weighted by Gasteiger charge is -2.18. The van der Waals surface area contributed by atoms with Crippen molar-refractivity contribution in [3.8, 4) is 0 Å². The van der Waals surface area contributed by atoms with Crippen LogP contribution in [0.4, 0.5) is 10.8 Å². The Kier molecular flexibility index (Phi) is 7.36. The molecule has 5 nitrogen and oxygen atoms in total. The van der Waals surface area contributed by atoms with Crippen molar-refractivity contribution in [2.75, 3.05) is 4.90 Å². The summed E-state index contributed by atoms with van der Waals surface area (Å²) in [4.78, 5) is 30.9. The number of thiazole rings is 1. The molecular formula is C24H26N2O3S. The maximum Gasteiger partial charge on any atom is 0.313 e. The maximum absolute atomic E-state index is 12.6. The summed E-state index contributed by atoms with van der Waals surface area (Å²) in [6.07, 6.45) is 1.60. The molecule has 0 N–H and O–H groups in total. The van der Waals surface area contributed by atoms with E-state index in [0.29, 0.717) is 17.2 Å². The highest BCUT2D eigenvalue weighted by Gasteiger charge is 2.22. The summed E-state index contributed by atoms with van der Waals surface area (Å²) in [5, 5.41) is 2.38. The van der Waals surface area contributed by atoms with Gasteiger partial charge in [0.2, 0.25) is 5.91 Å². The van der Waals surface area contributed by atoms with Crippen LogP contribution < -0.4 is 4.90 Å². The first kappa shape index (κ1) is 21.7. The molecule has 30 heavy (non-hydrogen) atoms. The van der Waals surface area contributed by atoms with Crippen LogP contribution in [0.25, 0.3) is 0 Å². The van der Waals surface area contributed by atoms with E-state index in [9.17, 15) is 9.59 Å². The van der Waals surface area contributed by atoms with E-state index >= 15 is 0 Å². The molecule has 0 saturated carbocycles. The summed E-state index contributed by atoms with van der Waals surface area (Å²) >= 11 is 1.36. The third-order valence-electron chi connectivity index (χ3n) is 4.91. The molecule has 1 aromatic heterocycles. The molecule has 3 rings (SSSR count). The summed E-state index contributed by atoms with van der Waals surface area (Å²) in [5.41, 5.74) is 3.55. The average molecular weight is 423 g/mol. The quantitative estimate of drug-likeness (QED) is 0.442. The molecule has 6 heteroatoms. The molecule has 2 aromatic carbocycles. The van der Waals surface area contributed by atoms with Crippen molar-refractivity contribution >= 4 is 34.0 Å². The predicted molar refractivity (Wildman–Crippen MR) is 120 cm³/mol. The standard InChI is InChI=1S/C24H26N2O3S/c1-4-18-11-13-21(14-12-18)26(17(3)27)24-25-20(16-30-24)15-29-23(28)22(5-2)19-9-7-6-8-10-19/h6-14,16,22H,4-5,15H2,1-3H3. The zero-order valence-electron chi connectivity index (χ0n) is 17.5. The fourth-order valence-electron chi connectivity index (χ4n) is 3.24. The van der Waals surface area contributed by atoms with Gasteiger partial charge in [-0.05, 0) is 36.1 Å². The Balaban J connectivity index is 1.70. The zero-order valence-corrected chi connectivity index (χ0v) is 18.3. The average Bonchev–Trinajstić information content (AvgIpc) is 3.22. The highest BCUT2D eigenvalue weighted by atomic mass is 32.1. The van der Waals surface area contributed by atoms with E-state index in [1.807, 2.05) is 66.9 Å². The molecule has 0 fully saturated rings. The van der Waals surface area contributed by atoms with Crippen molar-refractivity contribution < 1.29 is 14.3 Å². The lowest BCUT2D eigenvalue weighted by Crippen LogP contribution is -2.22. The number of hydrogen-bond donors (Lipinski definition) is 0. The molecule has 0 aliphatic rings. The van der Waals surface area contributed by atoms with Crippen LogP contribution in [0, 0.1) is 0 Å². The van der Waals surface area contributed by atoms with Crippen molar-refractivity contribution in [1.82, 2.24) is 4.98 Å². The molecule has 0 aliphatic heterocycles. The van der Waals surface area contributed by atoms with Gasteiger partial charge in [0.25, 0.3) is 0 Å². The number of ether oxygens (including phenoxy) is 1. The molecule has 0 radical (unpaired) electrons. The Bertz CT molecular complexity index is 983. The third-order valence-corrected chi connectivity index (χ3v) is 5.78. The smallest absolute Gasteiger partial charge is 0.313 e. The summed E-state index contributed by atoms with van der Waals surface area (Å²) in [6.45, 7) is 5.65. The second kappa shape index (κ2) is 10.2. The summed E-state index contributed by atoms with van der Waals surface area (Å²) in [7, 11) is 0. The minimum atomic E-state index is -0.296. The second-order valence-electron chi connectivity index (χ2n) is 6.98. The number of benzene rings is 2. The van der Waals surface area contributed by atoms with E-state index < -0.39 is 0 Å². The number of carbonyl (C=O) groups excluding carboxylic acids is 2. The van der Waals surface area contributed by atoms with Crippen LogP contribution in [0.5, 0.6) is 0 Å². The van der Waals surface area contributed by atoms with Gasteiger partial charge in [-0.3, -0.25) is 14.5 Å². The van der Waals surface area contributed by atoms with Gasteiger partial charge in [0.15, 0.2) is 5.13 Å². The molecule has 156 valence electrons. The zero-order chi connectivity index (χ0) is 21.5. The number of amides is 1. The highest BCUT2D eigenvalue weighted by Crippen LogP contribution is 2.30. The Morgan fingerprint density at radius 3 is 2.37 bits per heavy atom. The summed E-state index contributed by atoms with van der Waals surface area (Å²) in [6, 6.07) is 17.5. The second-order valence-corrected chi connectivity index (χ2v) is 7.81. The van der Waals surface area contributed by atoms with E-state index in [1.165, 1.54) is 23.8 Å². The van der Waals surface area contributed by atoms with Crippen molar-refractivity contribution in [2.45, 2.75) is 46.1 Å². The fourth-order valence-corrected chi connectivity index (χ4v) is 4.11. The number of aromatic nitrogens is 1. The lowest BCUT2D eigenvalue weighted by molar-refractivity contribution is -0.147. The van der Waals surface area contributed by atoms with Crippen LogP contribution >= 0.6 is 11.3 Å². The molecule has 1 heterocycles. The number of hydrogen-bond acceptors (Lipinski definition) is 5. The summed E-state index contributed by atoms with van der Waals surface area (Å²) < 4.78 is 5.53. The highest BCUT2D eigenvalue weighted by molar-refractivity contribution is 7.14.